The highest BCUT2D eigenvalue weighted by Crippen LogP contribution is 2.31. The second kappa shape index (κ2) is 9.01. The number of carbonyl (C=O) groups excluding carboxylic acids is 1. The number of methoxy groups -OCH3 is 1. The van der Waals surface area contributed by atoms with Crippen LogP contribution in [0.1, 0.15) is 49.4 Å². The Balaban J connectivity index is 2.29. The lowest BCUT2D eigenvalue weighted by atomic mass is 10.1. The Kier molecular flexibility index (Phi) is 7.00. The standard InChI is InChI=1S/C18H24N2O5S/c1-14-7-3-5-11-20(14)26(22,23)17-13-15(8-9-16(17)24-2)18(21)25-12-6-4-10-19/h8-9,13-14H,3-7,11-12H2,1-2H3. The van der Waals surface area contributed by atoms with Gasteiger partial charge in [-0.1, -0.05) is 6.42 Å². The molecule has 1 aromatic rings. The normalized spacial score (nSPS) is 18.1. The predicted molar refractivity (Wildman–Crippen MR) is 95.3 cm³/mol. The lowest BCUT2D eigenvalue weighted by Gasteiger charge is -2.32. The van der Waals surface area contributed by atoms with Crippen LogP contribution < -0.4 is 4.74 Å². The van der Waals surface area contributed by atoms with Crippen molar-refractivity contribution >= 4 is 16.0 Å². The van der Waals surface area contributed by atoms with E-state index in [2.05, 4.69) is 0 Å². The van der Waals surface area contributed by atoms with Gasteiger partial charge in [-0.25, -0.2) is 13.2 Å². The van der Waals surface area contributed by atoms with E-state index in [1.54, 1.807) is 0 Å². The lowest BCUT2D eigenvalue weighted by Crippen LogP contribution is -2.42. The minimum Gasteiger partial charge on any atom is -0.495 e. The van der Waals surface area contributed by atoms with E-state index in [4.69, 9.17) is 14.7 Å². The SMILES string of the molecule is COc1ccc(C(=O)OCCCC#N)cc1S(=O)(=O)N1CCCCC1C. The molecule has 2 rings (SSSR count). The van der Waals surface area contributed by atoms with E-state index in [9.17, 15) is 13.2 Å². The van der Waals surface area contributed by atoms with E-state index in [1.165, 1.54) is 29.6 Å². The lowest BCUT2D eigenvalue weighted by molar-refractivity contribution is 0.0501. The zero-order valence-electron chi connectivity index (χ0n) is 15.1. The predicted octanol–water partition coefficient (Wildman–Crippen LogP) is 2.72. The maximum absolute atomic E-state index is 13.1. The number of esters is 1. The molecular formula is C18H24N2O5S. The summed E-state index contributed by atoms with van der Waals surface area (Å²) in [6.45, 7) is 2.45. The third-order valence-electron chi connectivity index (χ3n) is 4.39. The first-order valence-corrected chi connectivity index (χ1v) is 10.1. The fourth-order valence-corrected chi connectivity index (χ4v) is 4.84. The molecule has 0 amide bonds. The van der Waals surface area contributed by atoms with Crippen molar-refractivity contribution in [2.24, 2.45) is 0 Å². The summed E-state index contributed by atoms with van der Waals surface area (Å²) in [5.74, 6) is -0.419. The molecule has 0 aliphatic carbocycles. The van der Waals surface area contributed by atoms with Crippen molar-refractivity contribution < 1.29 is 22.7 Å². The summed E-state index contributed by atoms with van der Waals surface area (Å²) >= 11 is 0. The molecule has 0 N–H and O–H groups in total. The molecule has 1 aromatic carbocycles. The minimum absolute atomic E-state index is 0.0276. The highest BCUT2D eigenvalue weighted by Gasteiger charge is 2.33. The summed E-state index contributed by atoms with van der Waals surface area (Å²) in [4.78, 5) is 12.1. The Morgan fingerprint density at radius 1 is 1.38 bits per heavy atom. The minimum atomic E-state index is -3.78. The number of carbonyl (C=O) groups is 1. The van der Waals surface area contributed by atoms with E-state index in [0.717, 1.165) is 19.3 Å². The number of unbranched alkanes of at least 4 members (excludes halogenated alkanes) is 1. The van der Waals surface area contributed by atoms with Gasteiger partial charge in [0.05, 0.1) is 25.3 Å². The van der Waals surface area contributed by atoms with Crippen LogP contribution in [0.4, 0.5) is 0 Å². The second-order valence-corrected chi connectivity index (χ2v) is 8.08. The number of piperidine rings is 1. The van der Waals surface area contributed by atoms with Gasteiger partial charge in [-0.05, 0) is 44.4 Å². The number of hydrogen-bond donors (Lipinski definition) is 0. The fourth-order valence-electron chi connectivity index (χ4n) is 2.96. The summed E-state index contributed by atoms with van der Waals surface area (Å²) < 4.78 is 38.0. The molecule has 1 aliphatic heterocycles. The van der Waals surface area contributed by atoms with Gasteiger partial charge < -0.3 is 9.47 Å². The number of hydrogen-bond acceptors (Lipinski definition) is 6. The zero-order valence-corrected chi connectivity index (χ0v) is 15.9. The number of nitriles is 1. The fraction of sp³-hybridized carbons (Fsp3) is 0.556. The van der Waals surface area contributed by atoms with Gasteiger partial charge in [0.1, 0.15) is 10.6 Å². The number of benzene rings is 1. The van der Waals surface area contributed by atoms with Crippen LogP contribution in [0, 0.1) is 11.3 Å². The first kappa shape index (κ1) is 20.2. The molecule has 1 aliphatic rings. The average molecular weight is 380 g/mol. The molecule has 1 unspecified atom stereocenters. The molecule has 0 bridgehead atoms. The molecule has 1 fully saturated rings. The van der Waals surface area contributed by atoms with Crippen LogP contribution in [0.5, 0.6) is 5.75 Å². The second-order valence-electron chi connectivity index (χ2n) is 6.22. The largest absolute Gasteiger partial charge is 0.495 e. The molecule has 0 saturated carbocycles. The summed E-state index contributed by atoms with van der Waals surface area (Å²) in [6, 6.07) is 6.13. The molecule has 0 radical (unpaired) electrons. The van der Waals surface area contributed by atoms with E-state index in [1.807, 2.05) is 13.0 Å². The molecular weight excluding hydrogens is 356 g/mol. The van der Waals surface area contributed by atoms with Crippen LogP contribution in [0.15, 0.2) is 23.1 Å². The highest BCUT2D eigenvalue weighted by atomic mass is 32.2. The summed E-state index contributed by atoms with van der Waals surface area (Å²) in [7, 11) is -2.38. The Morgan fingerprint density at radius 2 is 2.15 bits per heavy atom. The molecule has 1 saturated heterocycles. The first-order chi connectivity index (χ1) is 12.4. The van der Waals surface area contributed by atoms with Gasteiger partial charge in [0.2, 0.25) is 10.0 Å². The van der Waals surface area contributed by atoms with Crippen LogP contribution >= 0.6 is 0 Å². The Labute approximate surface area is 154 Å². The first-order valence-electron chi connectivity index (χ1n) is 8.65. The van der Waals surface area contributed by atoms with Crippen LogP contribution in [0.2, 0.25) is 0 Å². The maximum Gasteiger partial charge on any atom is 0.338 e. The molecule has 142 valence electrons. The van der Waals surface area contributed by atoms with E-state index in [0.29, 0.717) is 19.4 Å². The van der Waals surface area contributed by atoms with Gasteiger partial charge in [-0.3, -0.25) is 0 Å². The van der Waals surface area contributed by atoms with Crippen LogP contribution in [0.25, 0.3) is 0 Å². The molecule has 0 aromatic heterocycles. The van der Waals surface area contributed by atoms with Gasteiger partial charge in [0, 0.05) is 19.0 Å². The van der Waals surface area contributed by atoms with Gasteiger partial charge in [-0.15, -0.1) is 0 Å². The van der Waals surface area contributed by atoms with Crippen molar-refractivity contribution in [3.05, 3.63) is 23.8 Å². The Morgan fingerprint density at radius 3 is 2.81 bits per heavy atom. The van der Waals surface area contributed by atoms with Gasteiger partial charge in [0.25, 0.3) is 0 Å². The zero-order chi connectivity index (χ0) is 19.2. The van der Waals surface area contributed by atoms with Crippen molar-refractivity contribution in [3.63, 3.8) is 0 Å². The van der Waals surface area contributed by atoms with Crippen molar-refractivity contribution in [1.82, 2.24) is 4.31 Å². The molecule has 8 heteroatoms. The molecule has 1 atom stereocenters. The van der Waals surface area contributed by atoms with Crippen molar-refractivity contribution in [2.45, 2.75) is 50.0 Å². The van der Waals surface area contributed by atoms with Gasteiger partial charge in [0.15, 0.2) is 0 Å². The summed E-state index contributed by atoms with van der Waals surface area (Å²) in [6.07, 6.45) is 3.35. The highest BCUT2D eigenvalue weighted by molar-refractivity contribution is 7.89. The third-order valence-corrected chi connectivity index (χ3v) is 6.43. The van der Waals surface area contributed by atoms with Crippen LogP contribution in [0.3, 0.4) is 0 Å². The van der Waals surface area contributed by atoms with Gasteiger partial charge in [-0.2, -0.15) is 9.57 Å². The quantitative estimate of drug-likeness (QED) is 0.533. The third kappa shape index (κ3) is 4.54. The molecule has 1 heterocycles. The van der Waals surface area contributed by atoms with E-state index in [-0.39, 0.29) is 28.9 Å². The van der Waals surface area contributed by atoms with Crippen molar-refractivity contribution in [1.29, 1.82) is 5.26 Å². The molecule has 7 nitrogen and oxygen atoms in total. The molecule has 0 spiro atoms. The Bertz CT molecular complexity index is 785. The van der Waals surface area contributed by atoms with E-state index < -0.39 is 16.0 Å². The monoisotopic (exact) mass is 380 g/mol. The molecule has 26 heavy (non-hydrogen) atoms. The summed E-state index contributed by atoms with van der Waals surface area (Å²) in [5.41, 5.74) is 0.144. The van der Waals surface area contributed by atoms with Crippen molar-refractivity contribution in [3.8, 4) is 11.8 Å². The average Bonchev–Trinajstić information content (AvgIpc) is 2.64. The van der Waals surface area contributed by atoms with E-state index >= 15 is 0 Å². The topological polar surface area (TPSA) is 96.7 Å². The van der Waals surface area contributed by atoms with Gasteiger partial charge >= 0.3 is 5.97 Å². The summed E-state index contributed by atoms with van der Waals surface area (Å²) in [5, 5.41) is 8.50. The number of ether oxygens (including phenoxy) is 2. The maximum atomic E-state index is 13.1. The smallest absolute Gasteiger partial charge is 0.338 e. The van der Waals surface area contributed by atoms with Crippen molar-refractivity contribution in [2.75, 3.05) is 20.3 Å². The van der Waals surface area contributed by atoms with Crippen LogP contribution in [-0.4, -0.2) is 45.0 Å². The number of nitrogens with zero attached hydrogens (tertiary/aromatic N) is 2. The number of rotatable bonds is 7. The Hall–Kier alpha value is -2.11. The number of sulfonamides is 1. The van der Waals surface area contributed by atoms with Crippen LogP contribution in [-0.2, 0) is 14.8 Å².